The Morgan fingerprint density at radius 2 is 1.14 bits per heavy atom. The minimum Gasteiger partial charge on any atom is -0.268 e. The fraction of sp³-hybridized carbons (Fsp3) is 0. The highest BCUT2D eigenvalue weighted by molar-refractivity contribution is 9.10. The zero-order valence-electron chi connectivity index (χ0n) is 10.5. The lowest BCUT2D eigenvalue weighted by atomic mass is 10.1. The maximum Gasteiger partial charge on any atom is 0.267 e. The van der Waals surface area contributed by atoms with Crippen LogP contribution in [0.5, 0.6) is 0 Å². The van der Waals surface area contributed by atoms with Gasteiger partial charge in [0.1, 0.15) is 0 Å². The highest BCUT2D eigenvalue weighted by Gasteiger charge is 2.42. The van der Waals surface area contributed by atoms with Gasteiger partial charge in [-0.25, -0.2) is 4.90 Å². The molecule has 0 N–H and O–H groups in total. The lowest BCUT2D eigenvalue weighted by Gasteiger charge is -2.13. The summed E-state index contributed by atoms with van der Waals surface area (Å²) in [5.41, 5.74) is 0.330. The third kappa shape index (κ3) is 2.25. The molecule has 0 bridgehead atoms. The first kappa shape index (κ1) is 16.1. The van der Waals surface area contributed by atoms with Crippen LogP contribution in [0, 0.1) is 0 Å². The number of rotatable bonds is 1. The lowest BCUT2D eigenvalue weighted by molar-refractivity contribution is 0.0926. The molecule has 2 aromatic carbocycles. The van der Waals surface area contributed by atoms with Crippen molar-refractivity contribution in [3.8, 4) is 0 Å². The van der Waals surface area contributed by atoms with Crippen molar-refractivity contribution >= 4 is 79.8 Å². The summed E-state index contributed by atoms with van der Waals surface area (Å²) in [6.07, 6.45) is 0. The number of hydrogen-bond donors (Lipinski definition) is 0. The third-order valence-corrected chi connectivity index (χ3v) is 5.52. The van der Waals surface area contributed by atoms with Gasteiger partial charge in [0.15, 0.2) is 0 Å². The van der Waals surface area contributed by atoms with Crippen LogP contribution in [0.25, 0.3) is 0 Å². The molecule has 3 nitrogen and oxygen atoms in total. The van der Waals surface area contributed by atoms with E-state index in [1.165, 1.54) is 0 Å². The van der Waals surface area contributed by atoms with Gasteiger partial charge in [0.25, 0.3) is 11.8 Å². The molecule has 22 heavy (non-hydrogen) atoms. The molecule has 0 aromatic heterocycles. The maximum atomic E-state index is 12.6. The van der Waals surface area contributed by atoms with E-state index in [2.05, 4.69) is 15.9 Å². The molecule has 0 atom stereocenters. The van der Waals surface area contributed by atoms with E-state index in [9.17, 15) is 9.59 Å². The van der Waals surface area contributed by atoms with Crippen molar-refractivity contribution in [1.82, 2.24) is 0 Å². The number of imide groups is 1. The molecule has 3 rings (SSSR count). The Labute approximate surface area is 153 Å². The van der Waals surface area contributed by atoms with Gasteiger partial charge < -0.3 is 0 Å². The normalized spacial score (nSPS) is 13.8. The SMILES string of the molecule is O=C1c2c(Cl)c(Cl)c(Cl)c(Cl)c2C(=O)N1c1ccc(Br)cc1. The van der Waals surface area contributed by atoms with Gasteiger partial charge in [0, 0.05) is 4.47 Å². The molecule has 0 aliphatic carbocycles. The van der Waals surface area contributed by atoms with Crippen LogP contribution in [0.15, 0.2) is 28.7 Å². The number of benzene rings is 2. The summed E-state index contributed by atoms with van der Waals surface area (Å²) < 4.78 is 0.815. The van der Waals surface area contributed by atoms with Crippen molar-refractivity contribution < 1.29 is 9.59 Å². The molecule has 0 radical (unpaired) electrons. The number of amides is 2. The van der Waals surface area contributed by atoms with Crippen LogP contribution < -0.4 is 4.90 Å². The van der Waals surface area contributed by atoms with Crippen LogP contribution >= 0.6 is 62.3 Å². The number of fused-ring (bicyclic) bond motifs is 1. The molecule has 0 saturated heterocycles. The monoisotopic (exact) mass is 437 g/mol. The number of hydrogen-bond acceptors (Lipinski definition) is 2. The molecule has 0 unspecified atom stereocenters. The Morgan fingerprint density at radius 3 is 1.55 bits per heavy atom. The zero-order valence-corrected chi connectivity index (χ0v) is 15.1. The molecule has 112 valence electrons. The zero-order chi connectivity index (χ0) is 16.2. The van der Waals surface area contributed by atoms with Gasteiger partial charge in [0.05, 0.1) is 36.9 Å². The highest BCUT2D eigenvalue weighted by Crippen LogP contribution is 2.45. The van der Waals surface area contributed by atoms with E-state index >= 15 is 0 Å². The molecule has 2 aromatic rings. The number of carbonyl (C=O) groups excluding carboxylic acids is 2. The molecular formula is C14H4BrCl4NO2. The van der Waals surface area contributed by atoms with E-state index < -0.39 is 11.8 Å². The minimum absolute atomic E-state index is 0.0333. The average Bonchev–Trinajstić information content (AvgIpc) is 2.75. The van der Waals surface area contributed by atoms with E-state index in [1.54, 1.807) is 24.3 Å². The summed E-state index contributed by atoms with van der Waals surface area (Å²) in [4.78, 5) is 26.1. The number of halogens is 5. The fourth-order valence-corrected chi connectivity index (χ4v) is 3.45. The molecule has 1 aliphatic rings. The van der Waals surface area contributed by atoms with Crippen molar-refractivity contribution in [3.05, 3.63) is 60.0 Å². The average molecular weight is 440 g/mol. The van der Waals surface area contributed by atoms with E-state index in [-0.39, 0.29) is 31.2 Å². The lowest BCUT2D eigenvalue weighted by Crippen LogP contribution is -2.29. The number of carbonyl (C=O) groups is 2. The van der Waals surface area contributed by atoms with Gasteiger partial charge in [0.2, 0.25) is 0 Å². The van der Waals surface area contributed by atoms with Crippen LogP contribution in [-0.4, -0.2) is 11.8 Å². The van der Waals surface area contributed by atoms with Gasteiger partial charge in [-0.15, -0.1) is 0 Å². The summed E-state index contributed by atoms with van der Waals surface area (Å²) in [5, 5.41) is -0.259. The van der Waals surface area contributed by atoms with Crippen LogP contribution in [0.2, 0.25) is 20.1 Å². The minimum atomic E-state index is -0.590. The Balaban J connectivity index is 2.23. The van der Waals surface area contributed by atoms with E-state index in [0.717, 1.165) is 9.37 Å². The quantitative estimate of drug-likeness (QED) is 0.317. The largest absolute Gasteiger partial charge is 0.268 e. The van der Waals surface area contributed by atoms with Gasteiger partial charge in [-0.3, -0.25) is 9.59 Å². The topological polar surface area (TPSA) is 37.4 Å². The first-order chi connectivity index (χ1) is 10.3. The van der Waals surface area contributed by atoms with Crippen molar-refractivity contribution in [2.75, 3.05) is 4.90 Å². The van der Waals surface area contributed by atoms with Crippen LogP contribution in [-0.2, 0) is 0 Å². The predicted octanol–water partition coefficient (Wildman–Crippen LogP) is 5.86. The van der Waals surface area contributed by atoms with Crippen LogP contribution in [0.1, 0.15) is 20.7 Å². The maximum absolute atomic E-state index is 12.6. The Morgan fingerprint density at radius 1 is 0.727 bits per heavy atom. The van der Waals surface area contributed by atoms with Crippen molar-refractivity contribution in [3.63, 3.8) is 0 Å². The molecule has 1 aliphatic heterocycles. The summed E-state index contributed by atoms with van der Waals surface area (Å²) in [6.45, 7) is 0. The van der Waals surface area contributed by atoms with Gasteiger partial charge >= 0.3 is 0 Å². The molecule has 0 spiro atoms. The van der Waals surface area contributed by atoms with Crippen LogP contribution in [0.3, 0.4) is 0 Å². The van der Waals surface area contributed by atoms with Crippen molar-refractivity contribution in [2.45, 2.75) is 0 Å². The summed E-state index contributed by atoms with van der Waals surface area (Å²) >= 11 is 27.3. The van der Waals surface area contributed by atoms with E-state index in [0.29, 0.717) is 5.69 Å². The second-order valence-electron chi connectivity index (χ2n) is 4.43. The van der Waals surface area contributed by atoms with Crippen molar-refractivity contribution in [2.24, 2.45) is 0 Å². The van der Waals surface area contributed by atoms with E-state index in [4.69, 9.17) is 46.4 Å². The van der Waals surface area contributed by atoms with Crippen molar-refractivity contribution in [1.29, 1.82) is 0 Å². The fourth-order valence-electron chi connectivity index (χ4n) is 2.17. The summed E-state index contributed by atoms with van der Waals surface area (Å²) in [6, 6.07) is 6.66. The number of nitrogens with zero attached hydrogens (tertiary/aromatic N) is 1. The van der Waals surface area contributed by atoms with Gasteiger partial charge in [-0.05, 0) is 24.3 Å². The predicted molar refractivity (Wildman–Crippen MR) is 91.8 cm³/mol. The molecule has 0 saturated carbocycles. The smallest absolute Gasteiger partial charge is 0.267 e. The third-order valence-electron chi connectivity index (χ3n) is 3.19. The highest BCUT2D eigenvalue weighted by atomic mass is 79.9. The molecular weight excluding hydrogens is 436 g/mol. The summed E-state index contributed by atoms with van der Waals surface area (Å²) in [7, 11) is 0. The molecule has 8 heteroatoms. The Bertz CT molecular complexity index is 789. The second-order valence-corrected chi connectivity index (χ2v) is 6.86. The van der Waals surface area contributed by atoms with Gasteiger partial charge in [-0.1, -0.05) is 62.3 Å². The Hall–Kier alpha value is -0.780. The molecule has 1 heterocycles. The summed E-state index contributed by atoms with van der Waals surface area (Å²) in [5.74, 6) is -1.18. The molecule has 0 fully saturated rings. The van der Waals surface area contributed by atoms with E-state index in [1.807, 2.05) is 0 Å². The first-order valence-corrected chi connectivity index (χ1v) is 8.15. The standard InChI is InChI=1S/C14H4BrCl4NO2/c15-5-1-3-6(4-2-5)20-13(21)7-8(14(20)22)10(17)12(19)11(18)9(7)16/h1-4H. The van der Waals surface area contributed by atoms with Gasteiger partial charge in [-0.2, -0.15) is 0 Å². The van der Waals surface area contributed by atoms with Crippen LogP contribution in [0.4, 0.5) is 5.69 Å². The first-order valence-electron chi connectivity index (χ1n) is 5.85. The Kier molecular flexibility index (Phi) is 4.16. The second kappa shape index (κ2) is 5.69. The number of anilines is 1. The molecule has 2 amide bonds.